The molecule has 0 saturated carbocycles. The molecular weight excluding hydrogens is 480 g/mol. The Hall–Kier alpha value is -3.76. The number of rotatable bonds is 11. The van der Waals surface area contributed by atoms with Gasteiger partial charge in [-0.15, -0.1) is 0 Å². The molecule has 3 rings (SSSR count). The minimum atomic E-state index is -1.13. The van der Waals surface area contributed by atoms with Crippen LogP contribution in [0.5, 0.6) is 11.5 Å². The number of aryl methyl sites for hydroxylation is 2. The Morgan fingerprint density at radius 3 is 2.21 bits per heavy atom. The van der Waals surface area contributed by atoms with Crippen molar-refractivity contribution in [3.63, 3.8) is 0 Å². The van der Waals surface area contributed by atoms with E-state index in [1.807, 2.05) is 46.8 Å². The number of nitriles is 1. The van der Waals surface area contributed by atoms with Gasteiger partial charge in [0.2, 0.25) is 0 Å². The van der Waals surface area contributed by atoms with Gasteiger partial charge in [0, 0.05) is 13.1 Å². The normalized spacial score (nSPS) is 11.8. The zero-order valence-corrected chi connectivity index (χ0v) is 23.5. The number of hydrogen-bond acceptors (Lipinski definition) is 7. The Morgan fingerprint density at radius 2 is 1.66 bits per heavy atom. The molecule has 0 aliphatic heterocycles. The Morgan fingerprint density at radius 1 is 1.00 bits per heavy atom. The summed E-state index contributed by atoms with van der Waals surface area (Å²) in [7, 11) is 0. The molecule has 202 valence electrons. The third-order valence-electron chi connectivity index (χ3n) is 5.79. The lowest BCUT2D eigenvalue weighted by Gasteiger charge is -2.30. The number of ether oxygens (including phenoxy) is 3. The molecule has 0 atom stereocenters. The fraction of sp³-hybridized carbons (Fsp3) is 0.419. The van der Waals surface area contributed by atoms with Crippen LogP contribution in [0.1, 0.15) is 62.6 Å². The first-order valence-electron chi connectivity index (χ1n) is 12.8. The highest BCUT2D eigenvalue weighted by molar-refractivity contribution is 5.79. The lowest BCUT2D eigenvalue weighted by molar-refractivity contribution is -0.171. The first kappa shape index (κ1) is 28.8. The van der Waals surface area contributed by atoms with Gasteiger partial charge in [-0.1, -0.05) is 12.1 Å². The molecule has 7 nitrogen and oxygen atoms in total. The van der Waals surface area contributed by atoms with Crippen LogP contribution >= 0.6 is 0 Å². The Bertz CT molecular complexity index is 1230. The summed E-state index contributed by atoms with van der Waals surface area (Å²) in [6, 6.07) is 17.2. The molecular formula is C31H38N2O5. The minimum absolute atomic E-state index is 0.403. The predicted octanol–water partition coefficient (Wildman–Crippen LogP) is 6.35. The van der Waals surface area contributed by atoms with Gasteiger partial charge < -0.3 is 18.6 Å². The Balaban J connectivity index is 1.71. The molecule has 0 bridgehead atoms. The average molecular weight is 519 g/mol. The van der Waals surface area contributed by atoms with Crippen LogP contribution in [0, 0.1) is 25.2 Å². The Kier molecular flexibility index (Phi) is 9.24. The van der Waals surface area contributed by atoms with Crippen LogP contribution in [0.3, 0.4) is 0 Å². The largest absolute Gasteiger partial charge is 0.492 e. The third kappa shape index (κ3) is 8.39. The summed E-state index contributed by atoms with van der Waals surface area (Å²) in [6.07, 6.45) is 1.67. The summed E-state index contributed by atoms with van der Waals surface area (Å²) in [6.45, 7) is 15.4. The van der Waals surface area contributed by atoms with Crippen LogP contribution in [-0.2, 0) is 22.6 Å². The molecule has 1 aromatic heterocycles. The van der Waals surface area contributed by atoms with E-state index >= 15 is 0 Å². The van der Waals surface area contributed by atoms with Crippen molar-refractivity contribution in [3.8, 4) is 17.6 Å². The van der Waals surface area contributed by atoms with Gasteiger partial charge in [-0.3, -0.25) is 4.90 Å². The van der Waals surface area contributed by atoms with Crippen LogP contribution in [-0.4, -0.2) is 35.2 Å². The highest BCUT2D eigenvalue weighted by Gasteiger charge is 2.35. The number of furan rings is 1. The van der Waals surface area contributed by atoms with Crippen LogP contribution in [0.15, 0.2) is 59.2 Å². The number of benzene rings is 2. The molecule has 0 amide bonds. The average Bonchev–Trinajstić information content (AvgIpc) is 3.34. The van der Waals surface area contributed by atoms with Gasteiger partial charge in [0.25, 0.3) is 0 Å². The summed E-state index contributed by atoms with van der Waals surface area (Å²) >= 11 is 0. The van der Waals surface area contributed by atoms with Gasteiger partial charge in [-0.25, -0.2) is 4.79 Å². The number of carbonyl (C=O) groups excluding carboxylic acids is 1. The van der Waals surface area contributed by atoms with E-state index in [2.05, 4.69) is 23.1 Å². The zero-order valence-electron chi connectivity index (χ0n) is 23.5. The molecule has 0 N–H and O–H groups in total. The molecule has 7 heteroatoms. The quantitative estimate of drug-likeness (QED) is 0.274. The topological polar surface area (TPSA) is 84.9 Å². The van der Waals surface area contributed by atoms with Gasteiger partial charge in [-0.05, 0) is 102 Å². The summed E-state index contributed by atoms with van der Waals surface area (Å²) in [5, 5.41) is 8.98. The Labute approximate surface area is 225 Å². The highest BCUT2D eigenvalue weighted by atomic mass is 16.6. The molecule has 2 aromatic carbocycles. The van der Waals surface area contributed by atoms with Gasteiger partial charge in [-0.2, -0.15) is 5.26 Å². The van der Waals surface area contributed by atoms with Crippen molar-refractivity contribution in [3.05, 3.63) is 82.8 Å². The maximum atomic E-state index is 12.7. The molecule has 0 fully saturated rings. The van der Waals surface area contributed by atoms with Crippen LogP contribution in [0.2, 0.25) is 0 Å². The molecule has 38 heavy (non-hydrogen) atoms. The second kappa shape index (κ2) is 12.2. The van der Waals surface area contributed by atoms with E-state index in [9.17, 15) is 4.79 Å². The van der Waals surface area contributed by atoms with Crippen LogP contribution in [0.25, 0.3) is 0 Å². The fourth-order valence-electron chi connectivity index (χ4n) is 4.00. The van der Waals surface area contributed by atoms with Crippen LogP contribution in [0.4, 0.5) is 0 Å². The molecule has 0 saturated heterocycles. The second-order valence-corrected chi connectivity index (χ2v) is 10.9. The number of esters is 1. The standard InChI is InChI=1S/C31H38N2O5/c1-22-17-25(18-23(2)28(22)37-31(6,7)29(34)38-30(3,4)5)20-33(21-27-9-8-15-35-27)14-16-36-26-12-10-24(19-32)11-13-26/h8-13,15,17-18H,14,16,20-21H2,1-7H3. The fourth-order valence-corrected chi connectivity index (χ4v) is 4.00. The first-order chi connectivity index (χ1) is 17.9. The maximum absolute atomic E-state index is 12.7. The summed E-state index contributed by atoms with van der Waals surface area (Å²) in [5.74, 6) is 1.88. The lowest BCUT2D eigenvalue weighted by atomic mass is 10.0. The summed E-state index contributed by atoms with van der Waals surface area (Å²) in [4.78, 5) is 15.0. The van der Waals surface area contributed by atoms with E-state index in [1.165, 1.54) is 0 Å². The van der Waals surface area contributed by atoms with Crippen molar-refractivity contribution in [2.45, 2.75) is 72.8 Å². The van der Waals surface area contributed by atoms with Gasteiger partial charge in [0.05, 0.1) is 24.4 Å². The van der Waals surface area contributed by atoms with E-state index < -0.39 is 17.2 Å². The smallest absolute Gasteiger partial charge is 0.350 e. The minimum Gasteiger partial charge on any atom is -0.492 e. The maximum Gasteiger partial charge on any atom is 0.350 e. The van der Waals surface area contributed by atoms with Gasteiger partial charge in [0.15, 0.2) is 5.60 Å². The van der Waals surface area contributed by atoms with Gasteiger partial charge >= 0.3 is 5.97 Å². The van der Waals surface area contributed by atoms with E-state index in [0.29, 0.717) is 37.6 Å². The molecule has 0 spiro atoms. The van der Waals surface area contributed by atoms with Crippen molar-refractivity contribution in [1.29, 1.82) is 5.26 Å². The van der Waals surface area contributed by atoms with E-state index in [4.69, 9.17) is 23.9 Å². The highest BCUT2D eigenvalue weighted by Crippen LogP contribution is 2.30. The number of hydrogen-bond donors (Lipinski definition) is 0. The lowest BCUT2D eigenvalue weighted by Crippen LogP contribution is -2.43. The molecule has 0 aliphatic carbocycles. The second-order valence-electron chi connectivity index (χ2n) is 10.9. The molecule has 1 heterocycles. The molecule has 0 aliphatic rings. The van der Waals surface area contributed by atoms with Crippen LogP contribution < -0.4 is 9.47 Å². The molecule has 0 unspecified atom stereocenters. The van der Waals surface area contributed by atoms with Crippen molar-refractivity contribution in [2.24, 2.45) is 0 Å². The van der Waals surface area contributed by atoms with Crippen molar-refractivity contribution >= 4 is 5.97 Å². The van der Waals surface area contributed by atoms with Crippen molar-refractivity contribution in [2.75, 3.05) is 13.2 Å². The third-order valence-corrected chi connectivity index (χ3v) is 5.79. The number of carbonyl (C=O) groups is 1. The molecule has 3 aromatic rings. The van der Waals surface area contributed by atoms with E-state index in [1.54, 1.807) is 44.4 Å². The van der Waals surface area contributed by atoms with E-state index in [-0.39, 0.29) is 0 Å². The predicted molar refractivity (Wildman–Crippen MR) is 146 cm³/mol. The molecule has 0 radical (unpaired) electrons. The van der Waals surface area contributed by atoms with Gasteiger partial charge in [0.1, 0.15) is 29.5 Å². The summed E-state index contributed by atoms with van der Waals surface area (Å²) in [5.41, 5.74) is 1.90. The SMILES string of the molecule is Cc1cc(CN(CCOc2ccc(C#N)cc2)Cc2ccco2)cc(C)c1OC(C)(C)C(=O)OC(C)(C)C. The van der Waals surface area contributed by atoms with E-state index in [0.717, 1.165) is 28.2 Å². The van der Waals surface area contributed by atoms with Crippen molar-refractivity contribution < 1.29 is 23.4 Å². The summed E-state index contributed by atoms with van der Waals surface area (Å²) < 4.78 is 23.3. The van der Waals surface area contributed by atoms with Crippen molar-refractivity contribution in [1.82, 2.24) is 4.90 Å². The first-order valence-corrected chi connectivity index (χ1v) is 12.8. The monoisotopic (exact) mass is 518 g/mol. The zero-order chi connectivity index (χ0) is 27.9. The number of nitrogens with zero attached hydrogens (tertiary/aromatic N) is 2.